The predicted octanol–water partition coefficient (Wildman–Crippen LogP) is 1.99. The maximum atomic E-state index is 5.98. The first-order valence-corrected chi connectivity index (χ1v) is 5.77. The Balaban J connectivity index is 2.35. The van der Waals surface area contributed by atoms with Gasteiger partial charge in [0.15, 0.2) is 0 Å². The van der Waals surface area contributed by atoms with Crippen LogP contribution in [-0.2, 0) is 0 Å². The molecule has 1 rings (SSSR count). The van der Waals surface area contributed by atoms with E-state index in [2.05, 4.69) is 18.7 Å². The van der Waals surface area contributed by atoms with Gasteiger partial charge in [-0.25, -0.2) is 0 Å². The Kier molecular flexibility index (Phi) is 4.74. The third kappa shape index (κ3) is 3.28. The number of hydrogen-bond donors (Lipinski definition) is 1. The first-order chi connectivity index (χ1) is 6.27. The monoisotopic (exact) mass is 184 g/mol. The molecule has 2 nitrogen and oxygen atoms in total. The van der Waals surface area contributed by atoms with Gasteiger partial charge >= 0.3 is 0 Å². The molecule has 1 aliphatic heterocycles. The summed E-state index contributed by atoms with van der Waals surface area (Å²) >= 11 is 0. The van der Waals surface area contributed by atoms with Crippen molar-refractivity contribution in [1.82, 2.24) is 4.90 Å². The van der Waals surface area contributed by atoms with Gasteiger partial charge in [0, 0.05) is 18.6 Å². The van der Waals surface area contributed by atoms with E-state index in [9.17, 15) is 0 Å². The summed E-state index contributed by atoms with van der Waals surface area (Å²) in [5, 5.41) is 0. The highest BCUT2D eigenvalue weighted by Gasteiger charge is 2.21. The average molecular weight is 184 g/mol. The highest BCUT2D eigenvalue weighted by molar-refractivity contribution is 4.78. The Morgan fingerprint density at radius 3 is 2.77 bits per heavy atom. The van der Waals surface area contributed by atoms with E-state index in [1.54, 1.807) is 0 Å². The van der Waals surface area contributed by atoms with Crippen LogP contribution in [0.4, 0.5) is 0 Å². The summed E-state index contributed by atoms with van der Waals surface area (Å²) in [4.78, 5) is 2.59. The molecule has 13 heavy (non-hydrogen) atoms. The fourth-order valence-corrected chi connectivity index (χ4v) is 2.19. The molecule has 1 aliphatic rings. The zero-order valence-corrected chi connectivity index (χ0v) is 9.13. The summed E-state index contributed by atoms with van der Waals surface area (Å²) in [5.41, 5.74) is 5.98. The fourth-order valence-electron chi connectivity index (χ4n) is 2.19. The lowest BCUT2D eigenvalue weighted by Crippen LogP contribution is -2.45. The zero-order chi connectivity index (χ0) is 9.68. The van der Waals surface area contributed by atoms with Crippen LogP contribution in [0.15, 0.2) is 0 Å². The van der Waals surface area contributed by atoms with Gasteiger partial charge in [-0.3, -0.25) is 4.90 Å². The Labute approximate surface area is 82.5 Å². The van der Waals surface area contributed by atoms with Crippen molar-refractivity contribution in [1.29, 1.82) is 0 Å². The summed E-state index contributed by atoms with van der Waals surface area (Å²) in [6.07, 6.45) is 6.56. The molecule has 2 N–H and O–H groups in total. The van der Waals surface area contributed by atoms with Crippen LogP contribution in [0.25, 0.3) is 0 Å². The van der Waals surface area contributed by atoms with Crippen LogP contribution in [0.3, 0.4) is 0 Å². The number of hydrogen-bond acceptors (Lipinski definition) is 2. The molecule has 0 aromatic rings. The van der Waals surface area contributed by atoms with Crippen LogP contribution in [-0.4, -0.2) is 30.1 Å². The third-order valence-electron chi connectivity index (χ3n) is 3.21. The molecule has 1 saturated heterocycles. The molecule has 0 amide bonds. The number of likely N-dealkylation sites (tertiary alicyclic amines) is 1. The van der Waals surface area contributed by atoms with Crippen LogP contribution in [0.1, 0.15) is 46.0 Å². The standard InChI is InChI=1S/C11H24N2/c1-3-10(12)9-13-8-6-5-7-11(13)4-2/h10-11H,3-9,12H2,1-2H3/t10-,11-/m1/s1. The van der Waals surface area contributed by atoms with Gasteiger partial charge in [-0.05, 0) is 32.2 Å². The second kappa shape index (κ2) is 5.61. The van der Waals surface area contributed by atoms with E-state index < -0.39 is 0 Å². The van der Waals surface area contributed by atoms with Crippen LogP contribution < -0.4 is 5.73 Å². The second-order valence-corrected chi connectivity index (χ2v) is 4.22. The molecule has 1 heterocycles. The molecule has 0 aromatic carbocycles. The molecule has 0 aromatic heterocycles. The summed E-state index contributed by atoms with van der Waals surface area (Å²) in [6, 6.07) is 1.19. The number of nitrogens with two attached hydrogens (primary N) is 1. The van der Waals surface area contributed by atoms with Gasteiger partial charge in [0.1, 0.15) is 0 Å². The molecule has 0 radical (unpaired) electrons. The van der Waals surface area contributed by atoms with Crippen molar-refractivity contribution in [3.63, 3.8) is 0 Å². The van der Waals surface area contributed by atoms with Gasteiger partial charge in [0.05, 0.1) is 0 Å². The average Bonchev–Trinajstić information content (AvgIpc) is 2.18. The fraction of sp³-hybridized carbons (Fsp3) is 1.00. The normalized spacial score (nSPS) is 27.5. The Bertz CT molecular complexity index is 136. The summed E-state index contributed by atoms with van der Waals surface area (Å²) in [7, 11) is 0. The Morgan fingerprint density at radius 2 is 2.15 bits per heavy atom. The third-order valence-corrected chi connectivity index (χ3v) is 3.21. The maximum absolute atomic E-state index is 5.98. The van der Waals surface area contributed by atoms with Gasteiger partial charge in [-0.2, -0.15) is 0 Å². The molecule has 0 bridgehead atoms. The van der Waals surface area contributed by atoms with Gasteiger partial charge in [-0.15, -0.1) is 0 Å². The van der Waals surface area contributed by atoms with Crippen LogP contribution >= 0.6 is 0 Å². The van der Waals surface area contributed by atoms with Crippen LogP contribution in [0, 0.1) is 0 Å². The van der Waals surface area contributed by atoms with E-state index in [-0.39, 0.29) is 0 Å². The lowest BCUT2D eigenvalue weighted by Gasteiger charge is -2.36. The zero-order valence-electron chi connectivity index (χ0n) is 9.13. The van der Waals surface area contributed by atoms with E-state index in [0.717, 1.165) is 19.0 Å². The number of nitrogens with zero attached hydrogens (tertiary/aromatic N) is 1. The SMILES string of the molecule is CC[C@@H](N)CN1CCCC[C@H]1CC. The first-order valence-electron chi connectivity index (χ1n) is 5.77. The largest absolute Gasteiger partial charge is 0.327 e. The van der Waals surface area contributed by atoms with Gasteiger partial charge < -0.3 is 5.73 Å². The van der Waals surface area contributed by atoms with Crippen molar-refractivity contribution in [2.75, 3.05) is 13.1 Å². The molecule has 78 valence electrons. The smallest absolute Gasteiger partial charge is 0.0165 e. The summed E-state index contributed by atoms with van der Waals surface area (Å²) < 4.78 is 0. The predicted molar refractivity (Wildman–Crippen MR) is 57.8 cm³/mol. The quantitative estimate of drug-likeness (QED) is 0.724. The van der Waals surface area contributed by atoms with E-state index in [0.29, 0.717) is 6.04 Å². The van der Waals surface area contributed by atoms with Gasteiger partial charge in [0.2, 0.25) is 0 Å². The summed E-state index contributed by atoms with van der Waals surface area (Å²) in [6.45, 7) is 6.84. The maximum Gasteiger partial charge on any atom is 0.0165 e. The van der Waals surface area contributed by atoms with Crippen molar-refractivity contribution in [3.05, 3.63) is 0 Å². The molecule has 2 atom stereocenters. The van der Waals surface area contributed by atoms with Crippen LogP contribution in [0.5, 0.6) is 0 Å². The molecule has 0 saturated carbocycles. The molecule has 2 heteroatoms. The highest BCUT2D eigenvalue weighted by atomic mass is 15.2. The first kappa shape index (κ1) is 11.0. The lowest BCUT2D eigenvalue weighted by molar-refractivity contribution is 0.135. The molecular formula is C11H24N2. The Hall–Kier alpha value is -0.0800. The van der Waals surface area contributed by atoms with E-state index in [1.807, 2.05) is 0 Å². The number of piperidine rings is 1. The topological polar surface area (TPSA) is 29.3 Å². The molecule has 0 unspecified atom stereocenters. The molecule has 0 aliphatic carbocycles. The van der Waals surface area contributed by atoms with Gasteiger partial charge in [-0.1, -0.05) is 20.3 Å². The Morgan fingerprint density at radius 1 is 1.38 bits per heavy atom. The molecular weight excluding hydrogens is 160 g/mol. The van der Waals surface area contributed by atoms with E-state index in [1.165, 1.54) is 32.2 Å². The minimum absolute atomic E-state index is 0.382. The van der Waals surface area contributed by atoms with Crippen molar-refractivity contribution in [2.24, 2.45) is 5.73 Å². The minimum Gasteiger partial charge on any atom is -0.327 e. The van der Waals surface area contributed by atoms with Crippen molar-refractivity contribution < 1.29 is 0 Å². The highest BCUT2D eigenvalue weighted by Crippen LogP contribution is 2.19. The van der Waals surface area contributed by atoms with Crippen molar-refractivity contribution in [2.45, 2.75) is 58.0 Å². The molecule has 1 fully saturated rings. The van der Waals surface area contributed by atoms with Crippen molar-refractivity contribution in [3.8, 4) is 0 Å². The van der Waals surface area contributed by atoms with Crippen molar-refractivity contribution >= 4 is 0 Å². The summed E-state index contributed by atoms with van der Waals surface area (Å²) in [5.74, 6) is 0. The van der Waals surface area contributed by atoms with Crippen LogP contribution in [0.2, 0.25) is 0 Å². The number of rotatable bonds is 4. The van der Waals surface area contributed by atoms with E-state index in [4.69, 9.17) is 5.73 Å². The minimum atomic E-state index is 0.382. The van der Waals surface area contributed by atoms with Gasteiger partial charge in [0.25, 0.3) is 0 Å². The van der Waals surface area contributed by atoms with E-state index >= 15 is 0 Å². The lowest BCUT2D eigenvalue weighted by atomic mass is 9.99. The molecule has 0 spiro atoms. The second-order valence-electron chi connectivity index (χ2n) is 4.22.